The molecule has 0 aliphatic heterocycles. The van der Waals surface area contributed by atoms with Crippen LogP contribution in [0, 0.1) is 0 Å². The van der Waals surface area contributed by atoms with Crippen molar-refractivity contribution in [1.29, 1.82) is 0 Å². The number of benzene rings is 4. The van der Waals surface area contributed by atoms with Crippen molar-refractivity contribution >= 4 is 44.1 Å². The van der Waals surface area contributed by atoms with Crippen LogP contribution in [-0.2, 0) is 86.5 Å². The Labute approximate surface area is 365 Å². The number of aryl methyl sites for hydroxylation is 4. The first kappa shape index (κ1) is 45.1. The standard InChI is InChI=1S/C43H50N10O.2Cu.N3/c1-5-50-36-21-13-9-17-32(36)44-40(50)27-48(28-41-45-33-18-10-14-22-37(33)51(41)6-2)25-31(54)26-49(29-42-46-34-19-11-15-23-38(34)52(42)7-3)30-43-47-35-20-12-16-24-39(35)53(43)8-4;;;1-3-2/h9-24,31,54H,5-8,25-30H2,1-4H3;;;/q;2*+1;-1. The van der Waals surface area contributed by atoms with Crippen molar-refractivity contribution in [3.05, 3.63) is 136 Å². The van der Waals surface area contributed by atoms with Crippen molar-refractivity contribution in [2.24, 2.45) is 0 Å². The van der Waals surface area contributed by atoms with E-state index < -0.39 is 6.10 Å². The number of hydrogen-bond acceptors (Lipinski definition) is 7. The van der Waals surface area contributed by atoms with Crippen molar-refractivity contribution in [1.82, 2.24) is 48.0 Å². The average Bonchev–Trinajstić information content (AvgIpc) is 3.96. The molecule has 0 atom stereocenters. The topological polar surface area (TPSA) is 157 Å². The summed E-state index contributed by atoms with van der Waals surface area (Å²) in [6, 6.07) is 33.3. The van der Waals surface area contributed by atoms with Gasteiger partial charge in [-0.05, 0) is 76.2 Å². The zero-order chi connectivity index (χ0) is 39.9. The van der Waals surface area contributed by atoms with E-state index in [0.717, 1.165) is 93.6 Å². The number of rotatable bonds is 16. The van der Waals surface area contributed by atoms with Gasteiger partial charge in [0.2, 0.25) is 0 Å². The second-order valence-corrected chi connectivity index (χ2v) is 14.1. The van der Waals surface area contributed by atoms with Gasteiger partial charge in [-0.15, -0.1) is 0 Å². The smallest absolute Gasteiger partial charge is 0.390 e. The van der Waals surface area contributed by atoms with Crippen molar-refractivity contribution in [2.45, 2.75) is 86.2 Å². The number of hydrogen-bond donors (Lipinski definition) is 1. The largest absolute Gasteiger partial charge is 1.00 e. The maximum absolute atomic E-state index is 12.2. The molecule has 0 saturated heterocycles. The summed E-state index contributed by atoms with van der Waals surface area (Å²) < 4.78 is 9.14. The summed E-state index contributed by atoms with van der Waals surface area (Å²) in [7, 11) is 0. The van der Waals surface area contributed by atoms with Gasteiger partial charge in [-0.3, -0.25) is 14.7 Å². The second kappa shape index (κ2) is 20.8. The van der Waals surface area contributed by atoms with Crippen LogP contribution in [0.4, 0.5) is 0 Å². The fraction of sp³-hybridized carbons (Fsp3) is 0.349. The molecule has 16 heteroatoms. The minimum absolute atomic E-state index is 0. The number of nitrogens with zero attached hydrogens (tertiary/aromatic N) is 13. The minimum Gasteiger partial charge on any atom is -0.390 e. The maximum atomic E-state index is 12.2. The molecular formula is C43H50Cu2N13O+. The van der Waals surface area contributed by atoms with E-state index in [9.17, 15) is 5.11 Å². The molecule has 59 heavy (non-hydrogen) atoms. The van der Waals surface area contributed by atoms with E-state index >= 15 is 0 Å². The predicted molar refractivity (Wildman–Crippen MR) is 226 cm³/mol. The Balaban J connectivity index is 0.00000128. The molecule has 14 nitrogen and oxygen atoms in total. The number of aromatic nitrogens is 8. The van der Waals surface area contributed by atoms with Gasteiger partial charge in [-0.25, -0.2) is 19.9 Å². The molecule has 4 aromatic heterocycles. The number of fused-ring (bicyclic) bond motifs is 4. The monoisotopic (exact) mass is 890 g/mol. The van der Waals surface area contributed by atoms with Crippen LogP contribution >= 0.6 is 0 Å². The molecule has 0 amide bonds. The molecule has 0 fully saturated rings. The molecule has 8 rings (SSSR count). The molecule has 4 heterocycles. The fourth-order valence-electron chi connectivity index (χ4n) is 8.22. The Hall–Kier alpha value is -5.01. The zero-order valence-corrected chi connectivity index (χ0v) is 35.6. The van der Waals surface area contributed by atoms with Crippen LogP contribution in [0.5, 0.6) is 0 Å². The van der Waals surface area contributed by atoms with Gasteiger partial charge in [0.05, 0.1) is 76.4 Å². The third-order valence-electron chi connectivity index (χ3n) is 10.6. The molecule has 8 aromatic rings. The third kappa shape index (κ3) is 9.73. The van der Waals surface area contributed by atoms with Gasteiger partial charge < -0.3 is 34.4 Å². The molecule has 314 valence electrons. The molecule has 0 unspecified atom stereocenters. The average molecular weight is 892 g/mol. The van der Waals surface area contributed by atoms with Crippen molar-refractivity contribution < 1.29 is 39.2 Å². The van der Waals surface area contributed by atoms with Gasteiger partial charge in [0.25, 0.3) is 0 Å². The summed E-state index contributed by atoms with van der Waals surface area (Å²) in [5.74, 6) is 3.93. The van der Waals surface area contributed by atoms with Crippen LogP contribution in [0.2, 0.25) is 0 Å². The molecule has 0 aliphatic carbocycles. The van der Waals surface area contributed by atoms with Crippen LogP contribution in [0.15, 0.2) is 97.1 Å². The van der Waals surface area contributed by atoms with Gasteiger partial charge in [0.1, 0.15) is 23.3 Å². The number of aliphatic hydroxyl groups excluding tert-OH is 1. The Morgan fingerprint density at radius 2 is 0.695 bits per heavy atom. The Morgan fingerprint density at radius 3 is 0.915 bits per heavy atom. The van der Waals surface area contributed by atoms with Gasteiger partial charge >= 0.3 is 34.1 Å². The van der Waals surface area contributed by atoms with Crippen LogP contribution in [0.25, 0.3) is 60.1 Å². The SMILES string of the molecule is CCn1c(CN(Cc2nc3ccccc3n2CC)CC(O)CN(Cc2nc3ccccc3n2CC)Cc2nc3ccccc3n2CC)nc2ccccc21.[Cu+].[Cu+].[N-]=[N+]=[N-]. The van der Waals surface area contributed by atoms with E-state index in [2.05, 4.69) is 129 Å². The quantitative estimate of drug-likeness (QED) is 0.0445. The molecule has 0 spiro atoms. The Bertz CT molecular complexity index is 2300. The number of para-hydroxylation sites is 8. The number of aliphatic hydroxyl groups is 1. The van der Waals surface area contributed by atoms with Crippen molar-refractivity contribution in [3.63, 3.8) is 0 Å². The van der Waals surface area contributed by atoms with E-state index in [4.69, 9.17) is 31.0 Å². The first-order valence-electron chi connectivity index (χ1n) is 19.8. The van der Waals surface area contributed by atoms with Crippen LogP contribution in [0.3, 0.4) is 0 Å². The Kier molecular flexibility index (Phi) is 15.9. The molecule has 0 bridgehead atoms. The second-order valence-electron chi connectivity index (χ2n) is 14.1. The summed E-state index contributed by atoms with van der Waals surface area (Å²) in [5, 5.41) is 12.2. The van der Waals surface area contributed by atoms with Crippen molar-refractivity contribution in [3.8, 4) is 0 Å². The maximum Gasteiger partial charge on any atom is 1.00 e. The van der Waals surface area contributed by atoms with Crippen LogP contribution in [0.1, 0.15) is 51.0 Å². The Morgan fingerprint density at radius 1 is 0.475 bits per heavy atom. The molecule has 0 aliphatic rings. The summed E-state index contributed by atoms with van der Waals surface area (Å²) in [5.41, 5.74) is 21.9. The summed E-state index contributed by atoms with van der Waals surface area (Å²) in [6.07, 6.45) is -0.678. The van der Waals surface area contributed by atoms with Crippen LogP contribution in [-0.4, -0.2) is 72.3 Å². The minimum atomic E-state index is -0.678. The third-order valence-corrected chi connectivity index (χ3v) is 10.6. The van der Waals surface area contributed by atoms with Gasteiger partial charge in [0, 0.05) is 39.3 Å². The van der Waals surface area contributed by atoms with E-state index in [1.165, 1.54) is 4.91 Å². The molecular weight excluding hydrogens is 842 g/mol. The first-order chi connectivity index (χ1) is 27.9. The number of imidazole rings is 4. The summed E-state index contributed by atoms with van der Waals surface area (Å²) in [4.78, 5) is 26.5. The zero-order valence-electron chi connectivity index (χ0n) is 33.8. The molecule has 1 N–H and O–H groups in total. The van der Waals surface area contributed by atoms with E-state index in [0.29, 0.717) is 39.3 Å². The molecule has 0 saturated carbocycles. The van der Waals surface area contributed by atoms with Crippen LogP contribution < -0.4 is 0 Å². The van der Waals surface area contributed by atoms with Gasteiger partial charge in [-0.2, -0.15) is 0 Å². The van der Waals surface area contributed by atoms with Gasteiger partial charge in [-0.1, -0.05) is 48.5 Å². The molecule has 0 radical (unpaired) electrons. The van der Waals surface area contributed by atoms with E-state index in [1.54, 1.807) is 0 Å². The summed E-state index contributed by atoms with van der Waals surface area (Å²) in [6.45, 7) is 15.1. The predicted octanol–water partition coefficient (Wildman–Crippen LogP) is 8.09. The molecule has 4 aromatic carbocycles. The first-order valence-corrected chi connectivity index (χ1v) is 19.8. The van der Waals surface area contributed by atoms with E-state index in [1.807, 2.05) is 24.3 Å². The summed E-state index contributed by atoms with van der Waals surface area (Å²) >= 11 is 0. The fourth-order valence-corrected chi connectivity index (χ4v) is 8.22. The van der Waals surface area contributed by atoms with E-state index in [-0.39, 0.29) is 34.1 Å². The normalized spacial score (nSPS) is 11.4. The van der Waals surface area contributed by atoms with Crippen molar-refractivity contribution in [2.75, 3.05) is 13.1 Å². The van der Waals surface area contributed by atoms with Gasteiger partial charge in [0.15, 0.2) is 0 Å².